The third-order valence-electron chi connectivity index (χ3n) is 3.40. The van der Waals surface area contributed by atoms with Crippen molar-refractivity contribution < 1.29 is 4.79 Å². The highest BCUT2D eigenvalue weighted by Gasteiger charge is 2.24. The minimum atomic E-state index is -0.290. The van der Waals surface area contributed by atoms with E-state index in [0.29, 0.717) is 19.6 Å². The molecule has 2 N–H and O–H groups in total. The van der Waals surface area contributed by atoms with Gasteiger partial charge in [-0.2, -0.15) is 0 Å². The van der Waals surface area contributed by atoms with E-state index >= 15 is 0 Å². The van der Waals surface area contributed by atoms with E-state index in [1.165, 1.54) is 11.3 Å². The van der Waals surface area contributed by atoms with Gasteiger partial charge in [-0.25, -0.2) is 0 Å². The Morgan fingerprint density at radius 3 is 2.52 bits per heavy atom. The average Bonchev–Trinajstić information content (AvgIpc) is 2.92. The molecule has 0 saturated carbocycles. The van der Waals surface area contributed by atoms with E-state index in [2.05, 4.69) is 0 Å². The normalized spacial score (nSPS) is 12.1. The summed E-state index contributed by atoms with van der Waals surface area (Å²) in [6.07, 6.45) is 0. The molecular weight excluding hydrogens is 304 g/mol. The number of carbonyl (C=O) groups excluding carboxylic acids is 1. The summed E-state index contributed by atoms with van der Waals surface area (Å²) >= 11 is 7.45. The van der Waals surface area contributed by atoms with Gasteiger partial charge in [0.15, 0.2) is 0 Å². The van der Waals surface area contributed by atoms with Crippen LogP contribution in [0.4, 0.5) is 0 Å². The molecule has 0 radical (unpaired) electrons. The summed E-state index contributed by atoms with van der Waals surface area (Å²) < 4.78 is 0.743. The molecule has 0 aliphatic carbocycles. The van der Waals surface area contributed by atoms with Gasteiger partial charge in [0.05, 0.1) is 16.8 Å². The summed E-state index contributed by atoms with van der Waals surface area (Å²) in [4.78, 5) is 15.6. The van der Waals surface area contributed by atoms with Crippen LogP contribution in [0.15, 0.2) is 42.5 Å². The monoisotopic (exact) mass is 322 g/mol. The molecule has 0 fully saturated rings. The molecule has 1 unspecified atom stereocenters. The predicted octanol–water partition coefficient (Wildman–Crippen LogP) is 3.49. The quantitative estimate of drug-likeness (QED) is 0.885. The number of thiophene rings is 1. The van der Waals surface area contributed by atoms with Crippen molar-refractivity contribution >= 4 is 28.8 Å². The average molecular weight is 323 g/mol. The first kappa shape index (κ1) is 16.0. The zero-order chi connectivity index (χ0) is 15.2. The zero-order valence-electron chi connectivity index (χ0n) is 12.0. The van der Waals surface area contributed by atoms with Crippen molar-refractivity contribution in [2.24, 2.45) is 5.73 Å². The van der Waals surface area contributed by atoms with E-state index in [4.69, 9.17) is 17.3 Å². The number of amides is 1. The SMILES string of the molecule is CCN(Cc1ccc(Cl)s1)C(=O)C(CN)c1ccccc1. The van der Waals surface area contributed by atoms with Crippen LogP contribution in [0.25, 0.3) is 0 Å². The molecule has 3 nitrogen and oxygen atoms in total. The number of carbonyl (C=O) groups is 1. The van der Waals surface area contributed by atoms with Crippen molar-refractivity contribution in [2.75, 3.05) is 13.1 Å². The van der Waals surface area contributed by atoms with Gasteiger partial charge in [0.2, 0.25) is 5.91 Å². The van der Waals surface area contributed by atoms with Gasteiger partial charge in [0.1, 0.15) is 0 Å². The van der Waals surface area contributed by atoms with Gasteiger partial charge >= 0.3 is 0 Å². The predicted molar refractivity (Wildman–Crippen MR) is 88.7 cm³/mol. The highest BCUT2D eigenvalue weighted by Crippen LogP contribution is 2.24. The minimum Gasteiger partial charge on any atom is -0.337 e. The Morgan fingerprint density at radius 1 is 1.29 bits per heavy atom. The lowest BCUT2D eigenvalue weighted by Gasteiger charge is -2.25. The van der Waals surface area contributed by atoms with Crippen molar-refractivity contribution in [3.8, 4) is 0 Å². The van der Waals surface area contributed by atoms with Gasteiger partial charge in [-0.15, -0.1) is 11.3 Å². The van der Waals surface area contributed by atoms with Gasteiger partial charge in [-0.05, 0) is 24.6 Å². The summed E-state index contributed by atoms with van der Waals surface area (Å²) in [6.45, 7) is 3.52. The molecule has 1 aromatic heterocycles. The summed E-state index contributed by atoms with van der Waals surface area (Å²) in [5.74, 6) is -0.225. The highest BCUT2D eigenvalue weighted by atomic mass is 35.5. The summed E-state index contributed by atoms with van der Waals surface area (Å²) in [5.41, 5.74) is 6.80. The molecule has 0 aliphatic heterocycles. The lowest BCUT2D eigenvalue weighted by atomic mass is 9.97. The van der Waals surface area contributed by atoms with Crippen LogP contribution in [0.2, 0.25) is 4.34 Å². The molecule has 21 heavy (non-hydrogen) atoms. The Labute approximate surface area is 134 Å². The first-order valence-corrected chi connectivity index (χ1v) is 8.13. The second kappa shape index (κ2) is 7.59. The molecule has 1 aromatic carbocycles. The van der Waals surface area contributed by atoms with Gasteiger partial charge in [0, 0.05) is 18.0 Å². The second-order valence-corrected chi connectivity index (χ2v) is 6.56. The highest BCUT2D eigenvalue weighted by molar-refractivity contribution is 7.16. The van der Waals surface area contributed by atoms with Crippen molar-refractivity contribution in [1.29, 1.82) is 0 Å². The van der Waals surface area contributed by atoms with Gasteiger partial charge in [-0.3, -0.25) is 4.79 Å². The standard InChI is InChI=1S/C16H19ClN2OS/c1-2-19(11-13-8-9-15(17)21-13)16(20)14(10-18)12-6-4-3-5-7-12/h3-9,14H,2,10-11,18H2,1H3. The summed E-state index contributed by atoms with van der Waals surface area (Å²) in [6, 6.07) is 13.5. The van der Waals surface area contributed by atoms with Crippen LogP contribution in [-0.2, 0) is 11.3 Å². The number of rotatable bonds is 6. The molecular formula is C16H19ClN2OS. The molecule has 2 aromatic rings. The molecule has 0 aliphatic rings. The fourth-order valence-electron chi connectivity index (χ4n) is 2.26. The maximum atomic E-state index is 12.7. The fourth-order valence-corrected chi connectivity index (χ4v) is 3.36. The lowest BCUT2D eigenvalue weighted by molar-refractivity contribution is -0.133. The molecule has 1 heterocycles. The molecule has 1 atom stereocenters. The number of benzene rings is 1. The van der Waals surface area contributed by atoms with E-state index in [0.717, 1.165) is 14.8 Å². The molecule has 1 amide bonds. The van der Waals surface area contributed by atoms with E-state index in [1.54, 1.807) is 0 Å². The van der Waals surface area contributed by atoms with Crippen molar-refractivity contribution in [3.63, 3.8) is 0 Å². The minimum absolute atomic E-state index is 0.0655. The topological polar surface area (TPSA) is 46.3 Å². The number of likely N-dealkylation sites (N-methyl/N-ethyl adjacent to an activating group) is 1. The smallest absolute Gasteiger partial charge is 0.231 e. The lowest BCUT2D eigenvalue weighted by Crippen LogP contribution is -2.37. The first-order valence-electron chi connectivity index (χ1n) is 6.93. The molecule has 2 rings (SSSR count). The third kappa shape index (κ3) is 4.06. The number of halogens is 1. The largest absolute Gasteiger partial charge is 0.337 e. The van der Waals surface area contributed by atoms with Crippen LogP contribution in [0.1, 0.15) is 23.3 Å². The Bertz CT molecular complexity index is 585. The van der Waals surface area contributed by atoms with Crippen molar-refractivity contribution in [2.45, 2.75) is 19.4 Å². The Kier molecular flexibility index (Phi) is 5.79. The fraction of sp³-hybridized carbons (Fsp3) is 0.312. The molecule has 0 bridgehead atoms. The third-order valence-corrected chi connectivity index (χ3v) is 4.62. The Hall–Kier alpha value is -1.36. The van der Waals surface area contributed by atoms with E-state index < -0.39 is 0 Å². The summed E-state index contributed by atoms with van der Waals surface area (Å²) in [5, 5.41) is 0. The van der Waals surface area contributed by atoms with Crippen molar-refractivity contribution in [1.82, 2.24) is 4.90 Å². The van der Waals surface area contributed by atoms with Crippen LogP contribution in [0.3, 0.4) is 0 Å². The van der Waals surface area contributed by atoms with Crippen molar-refractivity contribution in [3.05, 3.63) is 57.2 Å². The second-order valence-electron chi connectivity index (χ2n) is 4.76. The van der Waals surface area contributed by atoms with Crippen LogP contribution in [0.5, 0.6) is 0 Å². The number of nitrogens with zero attached hydrogens (tertiary/aromatic N) is 1. The van der Waals surface area contributed by atoms with Crippen LogP contribution >= 0.6 is 22.9 Å². The molecule has 5 heteroatoms. The van der Waals surface area contributed by atoms with Gasteiger partial charge in [-0.1, -0.05) is 41.9 Å². The van der Waals surface area contributed by atoms with E-state index in [-0.39, 0.29) is 11.8 Å². The first-order chi connectivity index (χ1) is 10.2. The molecule has 112 valence electrons. The van der Waals surface area contributed by atoms with Crippen LogP contribution in [-0.4, -0.2) is 23.9 Å². The van der Waals surface area contributed by atoms with Crippen LogP contribution < -0.4 is 5.73 Å². The van der Waals surface area contributed by atoms with Gasteiger partial charge in [0.25, 0.3) is 0 Å². The number of hydrogen-bond acceptors (Lipinski definition) is 3. The number of nitrogens with two attached hydrogens (primary N) is 1. The van der Waals surface area contributed by atoms with E-state index in [1.807, 2.05) is 54.3 Å². The Balaban J connectivity index is 2.14. The maximum Gasteiger partial charge on any atom is 0.231 e. The zero-order valence-corrected chi connectivity index (χ0v) is 13.5. The van der Waals surface area contributed by atoms with Gasteiger partial charge < -0.3 is 10.6 Å². The van der Waals surface area contributed by atoms with Crippen LogP contribution in [0, 0.1) is 0 Å². The van der Waals surface area contributed by atoms with E-state index in [9.17, 15) is 4.79 Å². The molecule has 0 spiro atoms. The summed E-state index contributed by atoms with van der Waals surface area (Å²) in [7, 11) is 0. The number of hydrogen-bond donors (Lipinski definition) is 1. The maximum absolute atomic E-state index is 12.7. The molecule has 0 saturated heterocycles. The Morgan fingerprint density at radius 2 is 2.00 bits per heavy atom.